The zero-order valence-electron chi connectivity index (χ0n) is 29.3. The molecule has 0 heterocycles. The molecule has 1 aromatic rings. The Morgan fingerprint density at radius 2 is 1.22 bits per heavy atom. The van der Waals surface area contributed by atoms with Crippen LogP contribution in [0.4, 0.5) is 5.69 Å². The van der Waals surface area contributed by atoms with Gasteiger partial charge in [0.15, 0.2) is 0 Å². The molecule has 0 atom stereocenters. The first-order chi connectivity index (χ1) is 22.0. The van der Waals surface area contributed by atoms with Gasteiger partial charge in [0.2, 0.25) is 0 Å². The van der Waals surface area contributed by atoms with Crippen LogP contribution in [0.25, 0.3) is 0 Å². The van der Waals surface area contributed by atoms with Crippen LogP contribution in [0.1, 0.15) is 147 Å². The number of esters is 1. The first kappa shape index (κ1) is 38.6. The highest BCUT2D eigenvalue weighted by Gasteiger charge is 2.23. The molecule has 1 N–H and O–H groups in total. The van der Waals surface area contributed by atoms with Crippen LogP contribution in [0, 0.1) is 0 Å². The molecular formula is C39H65N2O4+. The van der Waals surface area contributed by atoms with Gasteiger partial charge >= 0.3 is 5.97 Å². The third-order valence-corrected chi connectivity index (χ3v) is 9.37. The third-order valence-electron chi connectivity index (χ3n) is 9.37. The normalized spacial score (nSPS) is 13.2. The molecule has 0 aliphatic heterocycles. The third kappa shape index (κ3) is 15.5. The van der Waals surface area contributed by atoms with E-state index in [1.807, 2.05) is 12.2 Å². The second kappa shape index (κ2) is 23.7. The Labute approximate surface area is 275 Å². The number of hydrogen-bond donors (Lipinski definition) is 1. The Morgan fingerprint density at radius 1 is 0.667 bits per heavy atom. The van der Waals surface area contributed by atoms with Crippen LogP contribution < -0.4 is 5.32 Å². The molecular weight excluding hydrogens is 560 g/mol. The maximum absolute atomic E-state index is 13.1. The highest BCUT2D eigenvalue weighted by Crippen LogP contribution is 2.23. The second-order valence-electron chi connectivity index (χ2n) is 12.8. The molecule has 1 aliphatic carbocycles. The van der Waals surface area contributed by atoms with Gasteiger partial charge in [-0.25, -0.2) is 4.79 Å². The number of allylic oxidation sites excluding steroid dienone is 2. The summed E-state index contributed by atoms with van der Waals surface area (Å²) >= 11 is 0. The summed E-state index contributed by atoms with van der Waals surface area (Å²) in [7, 11) is 0. The molecule has 45 heavy (non-hydrogen) atoms. The fraction of sp³-hybridized carbons (Fsp3) is 0.692. The minimum Gasteiger partial charge on any atom is -0.493 e. The van der Waals surface area contributed by atoms with E-state index in [-0.39, 0.29) is 11.9 Å². The molecule has 0 fully saturated rings. The van der Waals surface area contributed by atoms with Crippen molar-refractivity contribution in [3.8, 4) is 0 Å². The van der Waals surface area contributed by atoms with Crippen LogP contribution in [-0.4, -0.2) is 55.8 Å². The van der Waals surface area contributed by atoms with Gasteiger partial charge < -0.3 is 19.3 Å². The molecule has 0 saturated carbocycles. The molecule has 0 bridgehead atoms. The number of unbranched alkanes of at least 4 members (excludes halogenated alkanes) is 13. The van der Waals surface area contributed by atoms with Crippen molar-refractivity contribution in [3.63, 3.8) is 0 Å². The van der Waals surface area contributed by atoms with Crippen LogP contribution in [0.3, 0.4) is 0 Å². The number of carbonyl (C=O) groups is 2. The lowest BCUT2D eigenvalue weighted by Gasteiger charge is -2.36. The van der Waals surface area contributed by atoms with Crippen LogP contribution in [0.5, 0.6) is 0 Å². The minimum absolute atomic E-state index is 0.181. The molecule has 0 unspecified atom stereocenters. The zero-order chi connectivity index (χ0) is 32.6. The number of nitrogens with one attached hydrogen (secondary N) is 1. The van der Waals surface area contributed by atoms with Gasteiger partial charge in [0, 0.05) is 5.69 Å². The molecule has 1 aromatic carbocycles. The van der Waals surface area contributed by atoms with Gasteiger partial charge in [-0.3, -0.25) is 4.79 Å². The maximum atomic E-state index is 13.1. The van der Waals surface area contributed by atoms with Crippen molar-refractivity contribution in [1.29, 1.82) is 0 Å². The van der Waals surface area contributed by atoms with Gasteiger partial charge in [-0.15, -0.1) is 0 Å². The standard InChI is InChI=1S/C39H64N2O4/c1-5-9-11-13-15-16-17-18-22-30-41(7-3,8-4)31-33-45-39(43)34-26-28-35(29-27-34)40-38(42)36-24-20-21-25-37(36)44-32-23-19-14-12-10-6-2/h24-29H,5-23,30-33H2,1-4H3/p+1. The largest absolute Gasteiger partial charge is 0.493 e. The maximum Gasteiger partial charge on any atom is 0.338 e. The fourth-order valence-electron chi connectivity index (χ4n) is 6.09. The first-order valence-corrected chi connectivity index (χ1v) is 18.5. The van der Waals surface area contributed by atoms with Crippen molar-refractivity contribution >= 4 is 17.6 Å². The fourth-order valence-corrected chi connectivity index (χ4v) is 6.09. The number of hydrogen-bond acceptors (Lipinski definition) is 4. The summed E-state index contributed by atoms with van der Waals surface area (Å²) in [5.41, 5.74) is 1.73. The second-order valence-corrected chi connectivity index (χ2v) is 12.8. The summed E-state index contributed by atoms with van der Waals surface area (Å²) in [5, 5.41) is 2.97. The number of anilines is 1. The molecule has 1 amide bonds. The Bertz CT molecular complexity index is 1010. The summed E-state index contributed by atoms with van der Waals surface area (Å²) in [5.74, 6) is 0.183. The lowest BCUT2D eigenvalue weighted by molar-refractivity contribution is -0.925. The lowest BCUT2D eigenvalue weighted by atomic mass is 10.0. The number of quaternary nitrogens is 1. The molecule has 0 radical (unpaired) electrons. The molecule has 0 saturated heterocycles. The summed E-state index contributed by atoms with van der Waals surface area (Å²) in [6, 6.07) is 6.98. The van der Waals surface area contributed by atoms with Crippen LogP contribution >= 0.6 is 0 Å². The molecule has 0 spiro atoms. The highest BCUT2D eigenvalue weighted by atomic mass is 16.5. The van der Waals surface area contributed by atoms with Gasteiger partial charge in [-0.2, -0.15) is 0 Å². The van der Waals surface area contributed by atoms with Gasteiger partial charge in [0.1, 0.15) is 18.9 Å². The summed E-state index contributed by atoms with van der Waals surface area (Å²) < 4.78 is 12.7. The number of ether oxygens (including phenoxy) is 2. The summed E-state index contributed by atoms with van der Waals surface area (Å²) in [6.45, 7) is 14.1. The molecule has 0 aromatic heterocycles. The van der Waals surface area contributed by atoms with E-state index >= 15 is 0 Å². The Kier molecular flexibility index (Phi) is 20.3. The van der Waals surface area contributed by atoms with E-state index in [0.717, 1.165) is 56.3 Å². The molecule has 6 nitrogen and oxygen atoms in total. The van der Waals surface area contributed by atoms with E-state index in [9.17, 15) is 9.59 Å². The van der Waals surface area contributed by atoms with Crippen molar-refractivity contribution in [1.82, 2.24) is 0 Å². The van der Waals surface area contributed by atoms with Crippen molar-refractivity contribution < 1.29 is 23.5 Å². The number of benzene rings is 1. The van der Waals surface area contributed by atoms with Crippen molar-refractivity contribution in [2.45, 2.75) is 137 Å². The van der Waals surface area contributed by atoms with Crippen LogP contribution in [-0.2, 0) is 14.3 Å². The quantitative estimate of drug-likeness (QED) is 0.0632. The Hall–Kier alpha value is -2.60. The number of likely N-dealkylation sites (N-methyl/N-ethyl adjacent to an activating group) is 1. The Balaban J connectivity index is 1.74. The highest BCUT2D eigenvalue weighted by molar-refractivity contribution is 6.06. The monoisotopic (exact) mass is 625 g/mol. The SMILES string of the molecule is CCCCCCCCCCC[N+](CC)(CC)CCOC(=O)c1ccc(NC(=O)C2=CCCC=C2OCCCCCCCC)cc1. The van der Waals surface area contributed by atoms with E-state index in [1.54, 1.807) is 24.3 Å². The minimum atomic E-state index is -0.315. The van der Waals surface area contributed by atoms with Gasteiger partial charge in [0.05, 0.1) is 37.4 Å². The lowest BCUT2D eigenvalue weighted by Crippen LogP contribution is -2.50. The van der Waals surface area contributed by atoms with Crippen LogP contribution in [0.15, 0.2) is 47.7 Å². The van der Waals surface area contributed by atoms with E-state index in [1.165, 1.54) is 83.5 Å². The van der Waals surface area contributed by atoms with Crippen molar-refractivity contribution in [3.05, 3.63) is 53.3 Å². The van der Waals surface area contributed by atoms with Gasteiger partial charge in [0.25, 0.3) is 5.91 Å². The van der Waals surface area contributed by atoms with Crippen molar-refractivity contribution in [2.24, 2.45) is 0 Å². The topological polar surface area (TPSA) is 64.6 Å². The van der Waals surface area contributed by atoms with Crippen LogP contribution in [0.2, 0.25) is 0 Å². The average Bonchev–Trinajstić information content (AvgIpc) is 3.06. The van der Waals surface area contributed by atoms with Gasteiger partial charge in [-0.05, 0) is 76.3 Å². The van der Waals surface area contributed by atoms with Gasteiger partial charge in [-0.1, -0.05) is 97.0 Å². The summed E-state index contributed by atoms with van der Waals surface area (Å²) in [6.07, 6.45) is 24.9. The van der Waals surface area contributed by atoms with Crippen molar-refractivity contribution in [2.75, 3.05) is 44.7 Å². The molecule has 6 heteroatoms. The van der Waals surface area contributed by atoms with E-state index in [2.05, 4.69) is 33.0 Å². The summed E-state index contributed by atoms with van der Waals surface area (Å²) in [4.78, 5) is 25.9. The smallest absolute Gasteiger partial charge is 0.338 e. The number of amides is 1. The zero-order valence-corrected chi connectivity index (χ0v) is 29.3. The van der Waals surface area contributed by atoms with E-state index < -0.39 is 0 Å². The first-order valence-electron chi connectivity index (χ1n) is 18.5. The van der Waals surface area contributed by atoms with E-state index in [4.69, 9.17) is 9.47 Å². The predicted molar refractivity (Wildman–Crippen MR) is 188 cm³/mol. The predicted octanol–water partition coefficient (Wildman–Crippen LogP) is 10.2. The molecule has 1 aliphatic rings. The number of carbonyl (C=O) groups excluding carboxylic acids is 2. The number of rotatable bonds is 26. The molecule has 2 rings (SSSR count). The van der Waals surface area contributed by atoms with E-state index in [0.29, 0.717) is 35.8 Å². The number of nitrogens with zero attached hydrogens (tertiary/aromatic N) is 1. The Morgan fingerprint density at radius 3 is 1.82 bits per heavy atom. The molecule has 254 valence electrons. The average molecular weight is 626 g/mol.